The van der Waals surface area contributed by atoms with E-state index in [0.29, 0.717) is 0 Å². The summed E-state index contributed by atoms with van der Waals surface area (Å²) in [4.78, 5) is 0. The molecule has 1 aliphatic heterocycles. The fourth-order valence-electron chi connectivity index (χ4n) is 1.84. The first kappa shape index (κ1) is 14.6. The van der Waals surface area contributed by atoms with Crippen molar-refractivity contribution in [1.82, 2.24) is 0 Å². The van der Waals surface area contributed by atoms with Gasteiger partial charge < -0.3 is 24.4 Å². The number of aliphatic hydroxyl groups is 2. The van der Waals surface area contributed by atoms with Gasteiger partial charge in [-0.15, -0.1) is 6.58 Å². The van der Waals surface area contributed by atoms with Gasteiger partial charge in [-0.1, -0.05) is 19.4 Å². The van der Waals surface area contributed by atoms with Gasteiger partial charge in [0.05, 0.1) is 12.7 Å². The lowest BCUT2D eigenvalue weighted by molar-refractivity contribution is -0.279. The molecule has 1 fully saturated rings. The minimum absolute atomic E-state index is 0.0477. The van der Waals surface area contributed by atoms with Gasteiger partial charge in [0.2, 0.25) is 0 Å². The topological polar surface area (TPSA) is 68.2 Å². The van der Waals surface area contributed by atoms with Crippen LogP contribution in [-0.4, -0.2) is 54.6 Å². The van der Waals surface area contributed by atoms with Crippen molar-refractivity contribution in [2.75, 3.05) is 13.7 Å². The third-order valence-electron chi connectivity index (χ3n) is 2.83. The van der Waals surface area contributed by atoms with E-state index in [2.05, 4.69) is 6.58 Å². The maximum atomic E-state index is 9.88. The second kappa shape index (κ2) is 7.08. The van der Waals surface area contributed by atoms with Crippen molar-refractivity contribution in [2.24, 2.45) is 0 Å². The highest BCUT2D eigenvalue weighted by molar-refractivity contribution is 4.88. The maximum Gasteiger partial charge on any atom is 0.186 e. The molecule has 0 bridgehead atoms. The van der Waals surface area contributed by atoms with Gasteiger partial charge in [0.1, 0.15) is 18.3 Å². The first-order chi connectivity index (χ1) is 8.13. The first-order valence-corrected chi connectivity index (χ1v) is 5.92. The predicted molar refractivity (Wildman–Crippen MR) is 62.5 cm³/mol. The highest BCUT2D eigenvalue weighted by Gasteiger charge is 2.40. The SMILES string of the molecule is C=C[C@@H](CCC)O[C@@H]1[C@@H](OC)OC[C@@H](O)[C@@H]1O. The fourth-order valence-corrected chi connectivity index (χ4v) is 1.84. The Morgan fingerprint density at radius 2 is 2.24 bits per heavy atom. The van der Waals surface area contributed by atoms with E-state index in [9.17, 15) is 10.2 Å². The quantitative estimate of drug-likeness (QED) is 0.666. The number of rotatable bonds is 6. The van der Waals surface area contributed by atoms with E-state index in [-0.39, 0.29) is 12.7 Å². The molecule has 0 radical (unpaired) electrons. The Hall–Kier alpha value is -0.460. The summed E-state index contributed by atoms with van der Waals surface area (Å²) in [6.07, 6.45) is -0.0484. The molecule has 1 saturated heterocycles. The van der Waals surface area contributed by atoms with Crippen LogP contribution in [0.1, 0.15) is 19.8 Å². The van der Waals surface area contributed by atoms with E-state index in [1.54, 1.807) is 6.08 Å². The van der Waals surface area contributed by atoms with Crippen LogP contribution < -0.4 is 0 Å². The van der Waals surface area contributed by atoms with E-state index in [1.807, 2.05) is 6.92 Å². The Balaban J connectivity index is 2.64. The van der Waals surface area contributed by atoms with E-state index in [1.165, 1.54) is 7.11 Å². The Morgan fingerprint density at radius 3 is 2.76 bits per heavy atom. The van der Waals surface area contributed by atoms with E-state index in [0.717, 1.165) is 12.8 Å². The molecule has 0 unspecified atom stereocenters. The lowest BCUT2D eigenvalue weighted by Crippen LogP contribution is -2.55. The largest absolute Gasteiger partial charge is 0.388 e. The lowest BCUT2D eigenvalue weighted by atomic mass is 10.0. The molecular formula is C12H22O5. The lowest BCUT2D eigenvalue weighted by Gasteiger charge is -2.38. The molecule has 0 saturated carbocycles. The van der Waals surface area contributed by atoms with Crippen LogP contribution in [0.25, 0.3) is 0 Å². The summed E-state index contributed by atoms with van der Waals surface area (Å²) in [7, 11) is 1.48. The first-order valence-electron chi connectivity index (χ1n) is 5.92. The normalized spacial score (nSPS) is 35.5. The van der Waals surface area contributed by atoms with Crippen molar-refractivity contribution >= 4 is 0 Å². The number of methoxy groups -OCH3 is 1. The van der Waals surface area contributed by atoms with Crippen molar-refractivity contribution in [3.63, 3.8) is 0 Å². The van der Waals surface area contributed by atoms with Crippen molar-refractivity contribution in [2.45, 2.75) is 50.5 Å². The summed E-state index contributed by atoms with van der Waals surface area (Å²) in [6.45, 7) is 5.77. The zero-order valence-electron chi connectivity index (χ0n) is 10.4. The molecule has 17 heavy (non-hydrogen) atoms. The van der Waals surface area contributed by atoms with Crippen LogP contribution in [0.5, 0.6) is 0 Å². The number of hydrogen-bond acceptors (Lipinski definition) is 5. The smallest absolute Gasteiger partial charge is 0.186 e. The molecule has 0 aromatic heterocycles. The van der Waals surface area contributed by atoms with E-state index in [4.69, 9.17) is 14.2 Å². The minimum Gasteiger partial charge on any atom is -0.388 e. The van der Waals surface area contributed by atoms with Crippen LogP contribution in [0.2, 0.25) is 0 Å². The van der Waals surface area contributed by atoms with Crippen molar-refractivity contribution in [1.29, 1.82) is 0 Å². The van der Waals surface area contributed by atoms with Gasteiger partial charge in [0, 0.05) is 7.11 Å². The van der Waals surface area contributed by atoms with Crippen LogP contribution >= 0.6 is 0 Å². The molecule has 1 aliphatic rings. The van der Waals surface area contributed by atoms with Gasteiger partial charge >= 0.3 is 0 Å². The number of hydrogen-bond donors (Lipinski definition) is 2. The summed E-state index contributed by atoms with van der Waals surface area (Å²) in [6, 6.07) is 0. The zero-order valence-corrected chi connectivity index (χ0v) is 10.4. The van der Waals surface area contributed by atoms with Gasteiger partial charge in [0.25, 0.3) is 0 Å². The highest BCUT2D eigenvalue weighted by Crippen LogP contribution is 2.22. The summed E-state index contributed by atoms with van der Waals surface area (Å²) >= 11 is 0. The van der Waals surface area contributed by atoms with Crippen LogP contribution in [0, 0.1) is 0 Å². The second-order valence-electron chi connectivity index (χ2n) is 4.16. The molecule has 5 atom stereocenters. The molecule has 1 heterocycles. The fraction of sp³-hybridized carbons (Fsp3) is 0.833. The molecule has 0 aliphatic carbocycles. The summed E-state index contributed by atoms with van der Waals surface area (Å²) < 4.78 is 16.0. The van der Waals surface area contributed by atoms with Crippen molar-refractivity contribution < 1.29 is 24.4 Å². The predicted octanol–water partition coefficient (Wildman–Crippen LogP) is 0.451. The van der Waals surface area contributed by atoms with Crippen LogP contribution in [0.3, 0.4) is 0 Å². The Labute approximate surface area is 102 Å². The van der Waals surface area contributed by atoms with Crippen LogP contribution in [0.15, 0.2) is 12.7 Å². The third kappa shape index (κ3) is 3.76. The molecule has 5 heteroatoms. The summed E-state index contributed by atoms with van der Waals surface area (Å²) in [5.74, 6) is 0. The van der Waals surface area contributed by atoms with E-state index < -0.39 is 24.6 Å². The summed E-state index contributed by atoms with van der Waals surface area (Å²) in [5, 5.41) is 19.4. The molecule has 2 N–H and O–H groups in total. The Morgan fingerprint density at radius 1 is 1.53 bits per heavy atom. The Kier molecular flexibility index (Phi) is 6.08. The van der Waals surface area contributed by atoms with Gasteiger partial charge in [-0.05, 0) is 6.42 Å². The molecule has 1 rings (SSSR count). The molecule has 0 amide bonds. The number of aliphatic hydroxyl groups excluding tert-OH is 2. The van der Waals surface area contributed by atoms with Crippen LogP contribution in [0.4, 0.5) is 0 Å². The van der Waals surface area contributed by atoms with Crippen LogP contribution in [-0.2, 0) is 14.2 Å². The molecule has 100 valence electrons. The second-order valence-corrected chi connectivity index (χ2v) is 4.16. The Bertz CT molecular complexity index is 231. The minimum atomic E-state index is -1.01. The van der Waals surface area contributed by atoms with Gasteiger partial charge in [-0.25, -0.2) is 0 Å². The van der Waals surface area contributed by atoms with Gasteiger partial charge in [-0.3, -0.25) is 0 Å². The average Bonchev–Trinajstić information content (AvgIpc) is 2.34. The molecule has 5 nitrogen and oxygen atoms in total. The highest BCUT2D eigenvalue weighted by atomic mass is 16.7. The van der Waals surface area contributed by atoms with Gasteiger partial charge in [-0.2, -0.15) is 0 Å². The van der Waals surface area contributed by atoms with Crippen molar-refractivity contribution in [3.05, 3.63) is 12.7 Å². The maximum absolute atomic E-state index is 9.88. The average molecular weight is 246 g/mol. The van der Waals surface area contributed by atoms with E-state index >= 15 is 0 Å². The molecular weight excluding hydrogens is 224 g/mol. The number of ether oxygens (including phenoxy) is 3. The van der Waals surface area contributed by atoms with Crippen molar-refractivity contribution in [3.8, 4) is 0 Å². The molecule has 0 aromatic carbocycles. The molecule has 0 aromatic rings. The molecule has 0 spiro atoms. The third-order valence-corrected chi connectivity index (χ3v) is 2.83. The standard InChI is InChI=1S/C12H22O5/c1-4-6-8(5-2)17-11-10(14)9(13)7-16-12(11)15-3/h5,8-14H,2,4,6-7H2,1,3H3/t8-,9+,10-,11-,12-/m0/s1. The zero-order chi connectivity index (χ0) is 12.8. The summed E-state index contributed by atoms with van der Waals surface area (Å²) in [5.41, 5.74) is 0. The monoisotopic (exact) mass is 246 g/mol. The van der Waals surface area contributed by atoms with Gasteiger partial charge in [0.15, 0.2) is 6.29 Å².